The number of aromatic nitrogens is 2. The number of nitrogens with one attached hydrogen (secondary N) is 1. The molecular weight excluding hydrogens is 471 g/mol. The summed E-state index contributed by atoms with van der Waals surface area (Å²) in [5.74, 6) is 1.03. The average Bonchev–Trinajstić information content (AvgIpc) is 3.50. The molecule has 0 saturated carbocycles. The fraction of sp³-hybridized carbons (Fsp3) is 0.259. The largest absolute Gasteiger partial charge is 0.494 e. The van der Waals surface area contributed by atoms with Crippen molar-refractivity contribution in [2.24, 2.45) is 0 Å². The van der Waals surface area contributed by atoms with Crippen molar-refractivity contribution in [3.05, 3.63) is 83.4 Å². The maximum atomic E-state index is 13.7. The van der Waals surface area contributed by atoms with E-state index in [0.29, 0.717) is 47.0 Å². The lowest BCUT2D eigenvalue weighted by Crippen LogP contribution is -2.12. The monoisotopic (exact) mass is 495 g/mol. The topological polar surface area (TPSA) is 69.3 Å². The van der Waals surface area contributed by atoms with E-state index in [9.17, 15) is 18.0 Å². The second-order valence-electron chi connectivity index (χ2n) is 8.57. The molecule has 2 aromatic heterocycles. The molecule has 0 bridgehead atoms. The van der Waals surface area contributed by atoms with E-state index < -0.39 is 11.9 Å². The SMILES string of the molecule is CCCCOc1ccc(NC(=O)c2ccc(-n3nc(C(F)(F)F)c4c3-c3ccoc3CC4)cc2)cc1. The highest BCUT2D eigenvalue weighted by Gasteiger charge is 2.41. The van der Waals surface area contributed by atoms with E-state index >= 15 is 0 Å². The second kappa shape index (κ2) is 9.56. The third-order valence-corrected chi connectivity index (χ3v) is 6.11. The van der Waals surface area contributed by atoms with E-state index in [2.05, 4.69) is 17.3 Å². The predicted molar refractivity (Wildman–Crippen MR) is 128 cm³/mol. The Morgan fingerprint density at radius 3 is 2.53 bits per heavy atom. The van der Waals surface area contributed by atoms with Crippen molar-refractivity contribution in [1.29, 1.82) is 0 Å². The Labute approximate surface area is 205 Å². The van der Waals surface area contributed by atoms with Crippen LogP contribution >= 0.6 is 0 Å². The first-order valence-electron chi connectivity index (χ1n) is 11.8. The number of aryl methyl sites for hydroxylation is 1. The lowest BCUT2D eigenvalue weighted by molar-refractivity contribution is -0.142. The Balaban J connectivity index is 1.37. The Kier molecular flexibility index (Phi) is 6.30. The van der Waals surface area contributed by atoms with Crippen LogP contribution in [0.1, 0.15) is 47.1 Å². The van der Waals surface area contributed by atoms with Crippen molar-refractivity contribution in [3.63, 3.8) is 0 Å². The van der Waals surface area contributed by atoms with Gasteiger partial charge in [0.05, 0.1) is 24.3 Å². The van der Waals surface area contributed by atoms with Gasteiger partial charge in [-0.2, -0.15) is 18.3 Å². The number of ether oxygens (including phenoxy) is 1. The summed E-state index contributed by atoms with van der Waals surface area (Å²) in [6.07, 6.45) is -0.516. The van der Waals surface area contributed by atoms with Crippen molar-refractivity contribution in [2.45, 2.75) is 38.8 Å². The molecule has 1 aliphatic rings. The minimum atomic E-state index is -4.58. The van der Waals surface area contributed by atoms with Crippen LogP contribution in [0.15, 0.2) is 65.3 Å². The summed E-state index contributed by atoms with van der Waals surface area (Å²) in [5.41, 5.74) is 1.62. The quantitative estimate of drug-likeness (QED) is 0.290. The normalized spacial score (nSPS) is 12.7. The van der Waals surface area contributed by atoms with Gasteiger partial charge >= 0.3 is 6.18 Å². The van der Waals surface area contributed by atoms with Crippen LogP contribution in [0.2, 0.25) is 0 Å². The Morgan fingerprint density at radius 1 is 1.08 bits per heavy atom. The molecule has 0 fully saturated rings. The van der Waals surface area contributed by atoms with Gasteiger partial charge in [-0.25, -0.2) is 4.68 Å². The Morgan fingerprint density at radius 2 is 1.83 bits per heavy atom. The number of rotatable bonds is 7. The number of halogens is 3. The van der Waals surface area contributed by atoms with Crippen LogP contribution in [-0.4, -0.2) is 22.3 Å². The molecule has 0 radical (unpaired) electrons. The zero-order chi connectivity index (χ0) is 25.3. The molecule has 2 aromatic carbocycles. The van der Waals surface area contributed by atoms with Crippen molar-refractivity contribution >= 4 is 11.6 Å². The third kappa shape index (κ3) is 4.60. The predicted octanol–water partition coefficient (Wildman–Crippen LogP) is 6.68. The molecule has 5 rings (SSSR count). The highest BCUT2D eigenvalue weighted by Crippen LogP contribution is 2.42. The number of alkyl halides is 3. The number of carbonyl (C=O) groups excluding carboxylic acids is 1. The molecule has 1 amide bonds. The summed E-state index contributed by atoms with van der Waals surface area (Å²) >= 11 is 0. The molecule has 0 saturated heterocycles. The van der Waals surface area contributed by atoms with Crippen LogP contribution in [0.3, 0.4) is 0 Å². The molecule has 0 unspecified atom stereocenters. The lowest BCUT2D eigenvalue weighted by atomic mass is 9.94. The Hall–Kier alpha value is -4.01. The maximum Gasteiger partial charge on any atom is 0.435 e. The van der Waals surface area contributed by atoms with Gasteiger partial charge in [0.2, 0.25) is 0 Å². The van der Waals surface area contributed by atoms with Crippen LogP contribution in [-0.2, 0) is 19.0 Å². The number of benzene rings is 2. The summed E-state index contributed by atoms with van der Waals surface area (Å²) in [7, 11) is 0. The van der Waals surface area contributed by atoms with Crippen molar-refractivity contribution in [1.82, 2.24) is 9.78 Å². The fourth-order valence-electron chi connectivity index (χ4n) is 4.29. The van der Waals surface area contributed by atoms with Gasteiger partial charge in [0.15, 0.2) is 5.69 Å². The van der Waals surface area contributed by atoms with Crippen LogP contribution in [0.25, 0.3) is 16.9 Å². The molecule has 1 aliphatic carbocycles. The van der Waals surface area contributed by atoms with Gasteiger partial charge in [-0.15, -0.1) is 0 Å². The summed E-state index contributed by atoms with van der Waals surface area (Å²) in [5, 5.41) is 6.74. The molecule has 36 heavy (non-hydrogen) atoms. The highest BCUT2D eigenvalue weighted by molar-refractivity contribution is 6.04. The highest BCUT2D eigenvalue weighted by atomic mass is 19.4. The minimum absolute atomic E-state index is 0.153. The number of nitrogens with zero attached hydrogens (tertiary/aromatic N) is 2. The maximum absolute atomic E-state index is 13.7. The zero-order valence-electron chi connectivity index (χ0n) is 19.6. The molecule has 0 spiro atoms. The number of carbonyl (C=O) groups is 1. The van der Waals surface area contributed by atoms with Gasteiger partial charge in [-0.05, 0) is 67.4 Å². The molecule has 9 heteroatoms. The number of amides is 1. The van der Waals surface area contributed by atoms with E-state index in [4.69, 9.17) is 9.15 Å². The summed E-state index contributed by atoms with van der Waals surface area (Å²) in [6, 6.07) is 15.0. The zero-order valence-corrected chi connectivity index (χ0v) is 19.6. The smallest absolute Gasteiger partial charge is 0.435 e. The molecule has 2 heterocycles. The van der Waals surface area contributed by atoms with E-state index in [1.54, 1.807) is 54.6 Å². The van der Waals surface area contributed by atoms with E-state index in [-0.39, 0.29) is 17.9 Å². The van der Waals surface area contributed by atoms with E-state index in [1.807, 2.05) is 0 Å². The summed E-state index contributed by atoms with van der Waals surface area (Å²) in [4.78, 5) is 12.7. The van der Waals surface area contributed by atoms with Crippen molar-refractivity contribution in [3.8, 4) is 22.7 Å². The molecule has 186 valence electrons. The van der Waals surface area contributed by atoms with Gasteiger partial charge < -0.3 is 14.5 Å². The lowest BCUT2D eigenvalue weighted by Gasteiger charge is -2.15. The number of furan rings is 1. The number of hydrogen-bond donors (Lipinski definition) is 1. The van der Waals surface area contributed by atoms with Gasteiger partial charge in [0.25, 0.3) is 5.91 Å². The number of fused-ring (bicyclic) bond motifs is 3. The fourth-order valence-corrected chi connectivity index (χ4v) is 4.29. The average molecular weight is 496 g/mol. The van der Waals surface area contributed by atoms with E-state index in [1.165, 1.54) is 10.9 Å². The molecular formula is C27H24F3N3O3. The summed E-state index contributed by atoms with van der Waals surface area (Å²) in [6.45, 7) is 2.73. The van der Waals surface area contributed by atoms with Gasteiger partial charge in [-0.1, -0.05) is 13.3 Å². The molecule has 0 atom stereocenters. The number of anilines is 1. The van der Waals surface area contributed by atoms with Crippen LogP contribution in [0, 0.1) is 0 Å². The van der Waals surface area contributed by atoms with Crippen molar-refractivity contribution < 1.29 is 27.1 Å². The Bertz CT molecular complexity index is 1370. The minimum Gasteiger partial charge on any atom is -0.494 e. The van der Waals surface area contributed by atoms with E-state index in [0.717, 1.165) is 18.6 Å². The summed E-state index contributed by atoms with van der Waals surface area (Å²) < 4.78 is 53.5. The van der Waals surface area contributed by atoms with Crippen LogP contribution in [0.4, 0.5) is 18.9 Å². The standard InChI is InChI=1S/C27H24F3N3O3/c1-2-3-15-35-20-10-6-18(7-11-20)31-26(34)17-4-8-19(9-5-17)33-24-21-14-16-36-23(21)13-12-22(24)25(32-33)27(28,29)30/h4-11,14,16H,2-3,12-13,15H2,1H3,(H,31,34). The first-order chi connectivity index (χ1) is 17.3. The van der Waals surface area contributed by atoms with Crippen LogP contribution in [0.5, 0.6) is 5.75 Å². The van der Waals surface area contributed by atoms with Gasteiger partial charge in [-0.3, -0.25) is 4.79 Å². The molecule has 4 aromatic rings. The third-order valence-electron chi connectivity index (χ3n) is 6.11. The van der Waals surface area contributed by atoms with Crippen molar-refractivity contribution in [2.75, 3.05) is 11.9 Å². The number of hydrogen-bond acceptors (Lipinski definition) is 4. The second-order valence-corrected chi connectivity index (χ2v) is 8.57. The first kappa shape index (κ1) is 23.7. The van der Waals surface area contributed by atoms with Gasteiger partial charge in [0.1, 0.15) is 11.5 Å². The molecule has 0 aliphatic heterocycles. The first-order valence-corrected chi connectivity index (χ1v) is 11.8. The van der Waals surface area contributed by atoms with Crippen LogP contribution < -0.4 is 10.1 Å². The molecule has 6 nitrogen and oxygen atoms in total. The number of unbranched alkanes of at least 4 members (excludes halogenated alkanes) is 1. The van der Waals surface area contributed by atoms with Gasteiger partial charge in [0, 0.05) is 28.8 Å². The molecule has 1 N–H and O–H groups in total.